The number of rotatable bonds is 7. The van der Waals surface area contributed by atoms with Gasteiger partial charge in [0.15, 0.2) is 0 Å². The largest absolute Gasteiger partial charge is 0.395 e. The smallest absolute Gasteiger partial charge is 0.269 e. The molecule has 0 radical (unpaired) electrons. The van der Waals surface area contributed by atoms with E-state index in [1.165, 1.54) is 29.6 Å². The number of aliphatic hydroxyl groups excluding tert-OH is 1. The van der Waals surface area contributed by atoms with Gasteiger partial charge in [0.1, 0.15) is 11.6 Å². The summed E-state index contributed by atoms with van der Waals surface area (Å²) in [5.74, 6) is 9.32. The van der Waals surface area contributed by atoms with E-state index in [0.717, 1.165) is 0 Å². The first kappa shape index (κ1) is 21.9. The minimum atomic E-state index is -1.21. The Morgan fingerprint density at radius 2 is 2.00 bits per heavy atom. The molecule has 1 heterocycles. The van der Waals surface area contributed by atoms with E-state index < -0.39 is 23.5 Å². The number of benzene rings is 1. The van der Waals surface area contributed by atoms with Gasteiger partial charge < -0.3 is 20.1 Å². The third-order valence-corrected chi connectivity index (χ3v) is 4.41. The summed E-state index contributed by atoms with van der Waals surface area (Å²) in [6, 6.07) is 5.11. The summed E-state index contributed by atoms with van der Waals surface area (Å²) < 4.78 is 5.39. The van der Waals surface area contributed by atoms with E-state index >= 15 is 0 Å². The highest BCUT2D eigenvalue weighted by Gasteiger charge is 2.53. The summed E-state index contributed by atoms with van der Waals surface area (Å²) in [6.45, 7) is 0.166. The Hall–Kier alpha value is -3.37. The molecule has 9 nitrogen and oxygen atoms in total. The standard InChI is InChI=1S/C20H21N3O6/c1-29-20(12-23(13-20)14-25)17(19(27)22-28)21-18(26)16-9-7-15(8-10-16)6-4-2-3-5-11-24/h7-10,14,17,24,28H,5,11-13H2,1H3,(H,21,26)(H,22,27). The molecule has 9 heteroatoms. The van der Waals surface area contributed by atoms with Crippen LogP contribution < -0.4 is 10.8 Å². The fraction of sp³-hybridized carbons (Fsp3) is 0.350. The number of amides is 3. The fourth-order valence-corrected chi connectivity index (χ4v) is 2.83. The first-order chi connectivity index (χ1) is 14.0. The first-order valence-corrected chi connectivity index (χ1v) is 8.68. The van der Waals surface area contributed by atoms with E-state index in [1.54, 1.807) is 12.1 Å². The summed E-state index contributed by atoms with van der Waals surface area (Å²) >= 11 is 0. The maximum absolute atomic E-state index is 12.6. The van der Waals surface area contributed by atoms with Crippen LogP contribution in [-0.4, -0.2) is 71.9 Å². The monoisotopic (exact) mass is 399 g/mol. The molecule has 1 aromatic rings. The molecular weight excluding hydrogens is 378 g/mol. The van der Waals surface area contributed by atoms with Crippen molar-refractivity contribution in [2.45, 2.75) is 18.1 Å². The molecule has 29 heavy (non-hydrogen) atoms. The summed E-state index contributed by atoms with van der Waals surface area (Å²) in [4.78, 5) is 36.9. The van der Waals surface area contributed by atoms with Crippen molar-refractivity contribution in [1.29, 1.82) is 0 Å². The lowest BCUT2D eigenvalue weighted by Crippen LogP contribution is -2.74. The van der Waals surface area contributed by atoms with E-state index in [9.17, 15) is 14.4 Å². The summed E-state index contributed by atoms with van der Waals surface area (Å²) in [7, 11) is 1.36. The molecule has 3 amide bonds. The van der Waals surface area contributed by atoms with Crippen LogP contribution in [0.2, 0.25) is 0 Å². The van der Waals surface area contributed by atoms with Crippen molar-refractivity contribution in [3.8, 4) is 23.7 Å². The molecule has 1 unspecified atom stereocenters. The summed E-state index contributed by atoms with van der Waals surface area (Å²) in [5.41, 5.74) is 1.30. The van der Waals surface area contributed by atoms with Gasteiger partial charge in [-0.15, -0.1) is 0 Å². The van der Waals surface area contributed by atoms with E-state index in [-0.39, 0.29) is 25.3 Å². The molecule has 2 rings (SSSR count). The molecule has 0 spiro atoms. The topological polar surface area (TPSA) is 128 Å². The van der Waals surface area contributed by atoms with Crippen molar-refractivity contribution in [2.75, 3.05) is 26.8 Å². The van der Waals surface area contributed by atoms with Crippen LogP contribution in [0.3, 0.4) is 0 Å². The Kier molecular flexibility index (Phi) is 7.75. The van der Waals surface area contributed by atoms with Crippen LogP contribution in [0.4, 0.5) is 0 Å². The number of likely N-dealkylation sites (tertiary alicyclic amines) is 1. The third-order valence-electron chi connectivity index (χ3n) is 4.41. The van der Waals surface area contributed by atoms with Crippen LogP contribution in [0.15, 0.2) is 24.3 Å². The zero-order valence-corrected chi connectivity index (χ0v) is 15.8. The lowest BCUT2D eigenvalue weighted by Gasteiger charge is -2.50. The maximum Gasteiger partial charge on any atom is 0.269 e. The van der Waals surface area contributed by atoms with Crippen molar-refractivity contribution in [3.05, 3.63) is 35.4 Å². The van der Waals surface area contributed by atoms with Gasteiger partial charge >= 0.3 is 0 Å². The second-order valence-electron chi connectivity index (χ2n) is 6.26. The number of nitrogens with one attached hydrogen (secondary N) is 2. The highest BCUT2D eigenvalue weighted by atomic mass is 16.5. The van der Waals surface area contributed by atoms with E-state index in [1.807, 2.05) is 0 Å². The normalized spacial score (nSPS) is 14.8. The zero-order valence-electron chi connectivity index (χ0n) is 15.8. The quantitative estimate of drug-likeness (QED) is 0.199. The highest BCUT2D eigenvalue weighted by molar-refractivity contribution is 5.98. The number of hydroxylamine groups is 1. The number of carbonyl (C=O) groups excluding carboxylic acids is 3. The molecule has 4 N–H and O–H groups in total. The van der Waals surface area contributed by atoms with Crippen molar-refractivity contribution in [3.63, 3.8) is 0 Å². The van der Waals surface area contributed by atoms with E-state index in [0.29, 0.717) is 18.4 Å². The minimum absolute atomic E-state index is 0.0225. The molecule has 1 aliphatic rings. The molecule has 0 bridgehead atoms. The number of hydrogen-bond donors (Lipinski definition) is 4. The van der Waals surface area contributed by atoms with Gasteiger partial charge in [0, 0.05) is 24.7 Å². The number of methoxy groups -OCH3 is 1. The molecule has 1 fully saturated rings. The first-order valence-electron chi connectivity index (χ1n) is 8.68. The van der Waals surface area contributed by atoms with Crippen LogP contribution in [0.1, 0.15) is 22.3 Å². The predicted octanol–water partition coefficient (Wildman–Crippen LogP) is -1.12. The van der Waals surface area contributed by atoms with Crippen LogP contribution in [0, 0.1) is 23.7 Å². The average Bonchev–Trinajstić information content (AvgIpc) is 2.72. The zero-order chi connectivity index (χ0) is 21.3. The maximum atomic E-state index is 12.6. The van der Waals surface area contributed by atoms with Gasteiger partial charge in [0.05, 0.1) is 19.7 Å². The van der Waals surface area contributed by atoms with Gasteiger partial charge in [-0.2, -0.15) is 0 Å². The second kappa shape index (κ2) is 10.2. The minimum Gasteiger partial charge on any atom is -0.395 e. The summed E-state index contributed by atoms with van der Waals surface area (Å²) in [6.07, 6.45) is 0.963. The highest BCUT2D eigenvalue weighted by Crippen LogP contribution is 2.27. The Morgan fingerprint density at radius 3 is 2.55 bits per heavy atom. The van der Waals surface area contributed by atoms with Gasteiger partial charge in [-0.3, -0.25) is 19.6 Å². The lowest BCUT2D eigenvalue weighted by atomic mass is 9.85. The van der Waals surface area contributed by atoms with Crippen molar-refractivity contribution >= 4 is 18.2 Å². The molecule has 152 valence electrons. The average molecular weight is 399 g/mol. The molecule has 1 aromatic carbocycles. The molecule has 1 atom stereocenters. The van der Waals surface area contributed by atoms with Crippen LogP contribution >= 0.6 is 0 Å². The molecule has 0 saturated carbocycles. The van der Waals surface area contributed by atoms with Gasteiger partial charge in [0.2, 0.25) is 6.41 Å². The van der Waals surface area contributed by atoms with Gasteiger partial charge in [-0.05, 0) is 36.1 Å². The SMILES string of the molecule is COC1(C(NC(=O)c2ccc(C#CC#CCCO)cc2)C(=O)NO)CN(C=O)C1. The van der Waals surface area contributed by atoms with E-state index in [2.05, 4.69) is 29.0 Å². The fourth-order valence-electron chi connectivity index (χ4n) is 2.83. The number of hydrogen-bond acceptors (Lipinski definition) is 6. The second-order valence-corrected chi connectivity index (χ2v) is 6.26. The Bertz CT molecular complexity index is 869. The van der Waals surface area contributed by atoms with Crippen LogP contribution in [-0.2, 0) is 14.3 Å². The van der Waals surface area contributed by atoms with Crippen molar-refractivity contribution in [1.82, 2.24) is 15.7 Å². The van der Waals surface area contributed by atoms with Crippen LogP contribution in [0.25, 0.3) is 0 Å². The van der Waals surface area contributed by atoms with E-state index in [4.69, 9.17) is 15.1 Å². The predicted molar refractivity (Wildman–Crippen MR) is 101 cm³/mol. The Morgan fingerprint density at radius 1 is 1.31 bits per heavy atom. The Labute approximate surface area is 168 Å². The molecule has 0 aromatic heterocycles. The number of ether oxygens (including phenoxy) is 1. The number of carbonyl (C=O) groups is 3. The summed E-state index contributed by atoms with van der Waals surface area (Å²) in [5, 5.41) is 20.2. The third kappa shape index (κ3) is 5.33. The van der Waals surface area contributed by atoms with Crippen molar-refractivity contribution < 1.29 is 29.4 Å². The van der Waals surface area contributed by atoms with Gasteiger partial charge in [0.25, 0.3) is 11.8 Å². The Balaban J connectivity index is 2.11. The van der Waals surface area contributed by atoms with Gasteiger partial charge in [-0.1, -0.05) is 11.8 Å². The molecule has 1 aliphatic heterocycles. The number of aliphatic hydroxyl groups is 1. The van der Waals surface area contributed by atoms with Crippen molar-refractivity contribution in [2.24, 2.45) is 0 Å². The molecule has 1 saturated heterocycles. The molecular formula is C20H21N3O6. The van der Waals surface area contributed by atoms with Gasteiger partial charge in [-0.25, -0.2) is 5.48 Å². The van der Waals surface area contributed by atoms with Crippen LogP contribution in [0.5, 0.6) is 0 Å². The lowest BCUT2D eigenvalue weighted by molar-refractivity contribution is -0.168. The molecule has 0 aliphatic carbocycles. The number of nitrogens with zero attached hydrogens (tertiary/aromatic N) is 1.